The summed E-state index contributed by atoms with van der Waals surface area (Å²) < 4.78 is 5.29. The molecular formula is C15H18N4O2. The smallest absolute Gasteiger partial charge is 0.274 e. The lowest BCUT2D eigenvalue weighted by atomic mass is 10.2. The molecule has 0 aliphatic carbocycles. The minimum Gasteiger partial charge on any atom is -0.496 e. The molecule has 0 atom stereocenters. The summed E-state index contributed by atoms with van der Waals surface area (Å²) in [5.74, 6) is 1.13. The van der Waals surface area contributed by atoms with Crippen molar-refractivity contribution in [1.29, 1.82) is 0 Å². The van der Waals surface area contributed by atoms with Gasteiger partial charge in [0.05, 0.1) is 19.5 Å². The molecule has 1 N–H and O–H groups in total. The number of para-hydroxylation sites is 1. The molecule has 0 saturated heterocycles. The largest absolute Gasteiger partial charge is 0.496 e. The number of ether oxygens (including phenoxy) is 1. The standard InChI is InChI=1S/C15H18N4O2/c1-16-14-9-17-8-12(18-14)15(20)19(2)10-11-6-4-5-7-13(11)21-3/h4-9H,10H2,1-3H3,(H,16,18). The molecule has 0 aliphatic rings. The van der Waals surface area contributed by atoms with Crippen molar-refractivity contribution in [1.82, 2.24) is 14.9 Å². The first-order valence-corrected chi connectivity index (χ1v) is 6.53. The van der Waals surface area contributed by atoms with E-state index in [-0.39, 0.29) is 5.91 Å². The zero-order chi connectivity index (χ0) is 15.2. The quantitative estimate of drug-likeness (QED) is 0.907. The first-order valence-electron chi connectivity index (χ1n) is 6.53. The van der Waals surface area contributed by atoms with Gasteiger partial charge in [-0.05, 0) is 6.07 Å². The van der Waals surface area contributed by atoms with Gasteiger partial charge in [0.25, 0.3) is 5.91 Å². The Morgan fingerprint density at radius 1 is 1.33 bits per heavy atom. The van der Waals surface area contributed by atoms with Gasteiger partial charge in [-0.1, -0.05) is 18.2 Å². The van der Waals surface area contributed by atoms with Crippen LogP contribution in [0.5, 0.6) is 5.75 Å². The third kappa shape index (κ3) is 3.47. The number of methoxy groups -OCH3 is 1. The number of amides is 1. The Morgan fingerprint density at radius 2 is 2.10 bits per heavy atom. The Morgan fingerprint density at radius 3 is 2.81 bits per heavy atom. The average Bonchev–Trinajstić information content (AvgIpc) is 2.54. The zero-order valence-corrected chi connectivity index (χ0v) is 12.3. The molecule has 110 valence electrons. The van der Waals surface area contributed by atoms with Gasteiger partial charge in [0.15, 0.2) is 0 Å². The van der Waals surface area contributed by atoms with Crippen LogP contribution in [-0.2, 0) is 6.54 Å². The van der Waals surface area contributed by atoms with Crippen LogP contribution in [0, 0.1) is 0 Å². The molecule has 1 aromatic heterocycles. The Balaban J connectivity index is 2.15. The van der Waals surface area contributed by atoms with Crippen molar-refractivity contribution in [2.75, 3.05) is 26.5 Å². The molecule has 6 nitrogen and oxygen atoms in total. The van der Waals surface area contributed by atoms with Crippen LogP contribution in [0.4, 0.5) is 5.82 Å². The Labute approximate surface area is 123 Å². The van der Waals surface area contributed by atoms with Gasteiger partial charge in [0.1, 0.15) is 17.3 Å². The summed E-state index contributed by atoms with van der Waals surface area (Å²) in [7, 11) is 5.07. The van der Waals surface area contributed by atoms with Crippen molar-refractivity contribution in [3.63, 3.8) is 0 Å². The molecule has 0 saturated carbocycles. The van der Waals surface area contributed by atoms with Crippen LogP contribution in [0.25, 0.3) is 0 Å². The van der Waals surface area contributed by atoms with Crippen LogP contribution >= 0.6 is 0 Å². The minimum absolute atomic E-state index is 0.189. The molecule has 0 unspecified atom stereocenters. The normalized spacial score (nSPS) is 10.0. The summed E-state index contributed by atoms with van der Waals surface area (Å²) >= 11 is 0. The van der Waals surface area contributed by atoms with Crippen LogP contribution in [0.1, 0.15) is 16.1 Å². The molecule has 2 rings (SSSR count). The lowest BCUT2D eigenvalue weighted by Crippen LogP contribution is -2.27. The average molecular weight is 286 g/mol. The molecule has 1 heterocycles. The summed E-state index contributed by atoms with van der Waals surface area (Å²) in [6.45, 7) is 0.439. The second kappa shape index (κ2) is 6.69. The first-order chi connectivity index (χ1) is 10.2. The van der Waals surface area contributed by atoms with Gasteiger partial charge in [-0.25, -0.2) is 4.98 Å². The van der Waals surface area contributed by atoms with E-state index in [1.807, 2.05) is 24.3 Å². The van der Waals surface area contributed by atoms with Crippen molar-refractivity contribution in [3.8, 4) is 5.75 Å². The highest BCUT2D eigenvalue weighted by Crippen LogP contribution is 2.19. The molecule has 1 amide bonds. The molecule has 0 bridgehead atoms. The summed E-state index contributed by atoms with van der Waals surface area (Å²) in [6.07, 6.45) is 3.03. The third-order valence-electron chi connectivity index (χ3n) is 3.06. The van der Waals surface area contributed by atoms with Crippen molar-refractivity contribution in [2.24, 2.45) is 0 Å². The predicted octanol–water partition coefficient (Wildman–Crippen LogP) is 1.80. The maximum atomic E-state index is 12.4. The summed E-state index contributed by atoms with van der Waals surface area (Å²) in [5, 5.41) is 2.86. The molecule has 1 aromatic carbocycles. The van der Waals surface area contributed by atoms with Gasteiger partial charge >= 0.3 is 0 Å². The van der Waals surface area contributed by atoms with Gasteiger partial charge in [-0.15, -0.1) is 0 Å². The predicted molar refractivity (Wildman–Crippen MR) is 80.4 cm³/mol. The van der Waals surface area contributed by atoms with Crippen molar-refractivity contribution in [2.45, 2.75) is 6.54 Å². The van der Waals surface area contributed by atoms with E-state index >= 15 is 0 Å². The highest BCUT2D eigenvalue weighted by atomic mass is 16.5. The molecule has 0 spiro atoms. The van der Waals surface area contributed by atoms with E-state index in [0.29, 0.717) is 18.1 Å². The van der Waals surface area contributed by atoms with Crippen LogP contribution in [0.2, 0.25) is 0 Å². The molecule has 6 heteroatoms. The van der Waals surface area contributed by atoms with Gasteiger partial charge in [0, 0.05) is 26.2 Å². The fourth-order valence-electron chi connectivity index (χ4n) is 1.95. The van der Waals surface area contributed by atoms with E-state index in [1.165, 1.54) is 6.20 Å². The molecule has 21 heavy (non-hydrogen) atoms. The highest BCUT2D eigenvalue weighted by Gasteiger charge is 2.16. The number of hydrogen-bond donors (Lipinski definition) is 1. The number of carbonyl (C=O) groups excluding carboxylic acids is 1. The molecule has 0 radical (unpaired) electrons. The number of nitrogens with one attached hydrogen (secondary N) is 1. The van der Waals surface area contributed by atoms with Crippen LogP contribution in [0.15, 0.2) is 36.7 Å². The first kappa shape index (κ1) is 14.8. The second-order valence-electron chi connectivity index (χ2n) is 4.51. The van der Waals surface area contributed by atoms with Crippen LogP contribution in [0.3, 0.4) is 0 Å². The molecule has 0 fully saturated rings. The Hall–Kier alpha value is -2.63. The van der Waals surface area contributed by atoms with E-state index in [0.717, 1.165) is 11.3 Å². The van der Waals surface area contributed by atoms with E-state index in [4.69, 9.17) is 4.74 Å². The monoisotopic (exact) mass is 286 g/mol. The van der Waals surface area contributed by atoms with Crippen molar-refractivity contribution >= 4 is 11.7 Å². The van der Waals surface area contributed by atoms with Gasteiger partial charge in [-0.3, -0.25) is 9.78 Å². The van der Waals surface area contributed by atoms with E-state index in [1.54, 1.807) is 32.3 Å². The topological polar surface area (TPSA) is 67.4 Å². The SMILES string of the molecule is CNc1cncc(C(=O)N(C)Cc2ccccc2OC)n1. The number of rotatable bonds is 5. The van der Waals surface area contributed by atoms with Gasteiger partial charge in [-0.2, -0.15) is 0 Å². The molecule has 0 aliphatic heterocycles. The van der Waals surface area contributed by atoms with Gasteiger partial charge in [0.2, 0.25) is 0 Å². The number of hydrogen-bond acceptors (Lipinski definition) is 5. The third-order valence-corrected chi connectivity index (χ3v) is 3.06. The summed E-state index contributed by atoms with van der Waals surface area (Å²) in [6, 6.07) is 7.61. The summed E-state index contributed by atoms with van der Waals surface area (Å²) in [4.78, 5) is 22.2. The number of benzene rings is 1. The number of anilines is 1. The second-order valence-corrected chi connectivity index (χ2v) is 4.51. The van der Waals surface area contributed by atoms with Crippen LogP contribution in [-0.4, -0.2) is 42.0 Å². The number of aromatic nitrogens is 2. The zero-order valence-electron chi connectivity index (χ0n) is 12.3. The molecule has 2 aromatic rings. The number of nitrogens with zero attached hydrogens (tertiary/aromatic N) is 3. The number of carbonyl (C=O) groups is 1. The van der Waals surface area contributed by atoms with E-state index in [9.17, 15) is 4.79 Å². The highest BCUT2D eigenvalue weighted by molar-refractivity contribution is 5.92. The van der Waals surface area contributed by atoms with Crippen molar-refractivity contribution < 1.29 is 9.53 Å². The minimum atomic E-state index is -0.189. The fraction of sp³-hybridized carbons (Fsp3) is 0.267. The van der Waals surface area contributed by atoms with E-state index in [2.05, 4.69) is 15.3 Å². The van der Waals surface area contributed by atoms with Crippen LogP contribution < -0.4 is 10.1 Å². The van der Waals surface area contributed by atoms with Crippen molar-refractivity contribution in [3.05, 3.63) is 47.9 Å². The lowest BCUT2D eigenvalue weighted by Gasteiger charge is -2.18. The summed E-state index contributed by atoms with van der Waals surface area (Å²) in [5.41, 5.74) is 1.24. The van der Waals surface area contributed by atoms with Gasteiger partial charge < -0.3 is 15.0 Å². The maximum Gasteiger partial charge on any atom is 0.274 e. The molecular weight excluding hydrogens is 268 g/mol. The Bertz CT molecular complexity index is 631. The lowest BCUT2D eigenvalue weighted by molar-refractivity contribution is 0.0778. The Kier molecular flexibility index (Phi) is 4.71. The fourth-order valence-corrected chi connectivity index (χ4v) is 1.95. The van der Waals surface area contributed by atoms with E-state index < -0.39 is 0 Å². The maximum absolute atomic E-state index is 12.4.